The second kappa shape index (κ2) is 3.72. The van der Waals surface area contributed by atoms with Crippen molar-refractivity contribution in [1.82, 2.24) is 0 Å². The van der Waals surface area contributed by atoms with Gasteiger partial charge in [0.05, 0.1) is 17.1 Å². The smallest absolute Gasteiger partial charge is 0.334 e. The van der Waals surface area contributed by atoms with Crippen molar-refractivity contribution in [3.63, 3.8) is 0 Å². The van der Waals surface area contributed by atoms with Gasteiger partial charge in [-0.1, -0.05) is 18.7 Å². The van der Waals surface area contributed by atoms with Gasteiger partial charge in [0.25, 0.3) is 0 Å². The Morgan fingerprint density at radius 2 is 1.95 bits per heavy atom. The van der Waals surface area contributed by atoms with Crippen LogP contribution in [0.1, 0.15) is 26.7 Å². The molecule has 20 heavy (non-hydrogen) atoms. The number of hydrogen-bond donors (Lipinski definition) is 3. The fraction of sp³-hybridized carbons (Fsp3) is 0.667. The zero-order valence-corrected chi connectivity index (χ0v) is 11.7. The normalized spacial score (nSPS) is 54.4. The molecule has 1 aliphatic heterocycles. The molecule has 0 aromatic carbocycles. The Bertz CT molecular complexity index is 518. The zero-order valence-electron chi connectivity index (χ0n) is 11.7. The zero-order chi connectivity index (χ0) is 14.9. The highest BCUT2D eigenvalue weighted by atomic mass is 16.6. The average Bonchev–Trinajstić information content (AvgIpc) is 2.70. The lowest BCUT2D eigenvalue weighted by atomic mass is 9.70. The summed E-state index contributed by atoms with van der Waals surface area (Å²) in [4.78, 5) is 11.8. The van der Waals surface area contributed by atoms with Gasteiger partial charge in [-0.3, -0.25) is 0 Å². The first-order chi connectivity index (χ1) is 9.10. The molecule has 3 aliphatic rings. The number of carbonyl (C=O) groups is 1. The molecule has 5 heteroatoms. The summed E-state index contributed by atoms with van der Waals surface area (Å²) in [5, 5.41) is 32.1. The van der Waals surface area contributed by atoms with Crippen LogP contribution in [0.2, 0.25) is 0 Å². The second-order valence-electron chi connectivity index (χ2n) is 6.68. The van der Waals surface area contributed by atoms with Crippen LogP contribution in [-0.2, 0) is 9.53 Å². The molecular formula is C15H20O5. The van der Waals surface area contributed by atoms with Gasteiger partial charge in [0.15, 0.2) is 0 Å². The second-order valence-corrected chi connectivity index (χ2v) is 6.68. The molecule has 6 atom stereocenters. The summed E-state index contributed by atoms with van der Waals surface area (Å²) < 4.78 is 5.36. The van der Waals surface area contributed by atoms with Crippen LogP contribution in [0.4, 0.5) is 0 Å². The van der Waals surface area contributed by atoms with Crippen LogP contribution in [0, 0.1) is 11.8 Å². The highest BCUT2D eigenvalue weighted by Gasteiger charge is 2.66. The summed E-state index contributed by atoms with van der Waals surface area (Å²) in [6.07, 6.45) is 3.04. The van der Waals surface area contributed by atoms with E-state index in [1.165, 1.54) is 12.2 Å². The van der Waals surface area contributed by atoms with Crippen molar-refractivity contribution >= 4 is 5.97 Å². The summed E-state index contributed by atoms with van der Waals surface area (Å²) in [5.41, 5.74) is -4.01. The minimum Gasteiger partial charge on any atom is -0.458 e. The number of ether oxygens (including phenoxy) is 1. The predicted octanol–water partition coefficient (Wildman–Crippen LogP) is 0.297. The highest BCUT2D eigenvalue weighted by Crippen LogP contribution is 2.54. The monoisotopic (exact) mass is 280 g/mol. The molecule has 2 fully saturated rings. The van der Waals surface area contributed by atoms with Gasteiger partial charge in [-0.05, 0) is 26.7 Å². The van der Waals surface area contributed by atoms with Crippen molar-refractivity contribution < 1.29 is 24.9 Å². The van der Waals surface area contributed by atoms with Gasteiger partial charge in [0, 0.05) is 11.5 Å². The topological polar surface area (TPSA) is 87.0 Å². The Labute approximate surface area is 117 Å². The van der Waals surface area contributed by atoms with Crippen molar-refractivity contribution in [3.05, 3.63) is 24.3 Å². The standard InChI is InChI=1S/C15H20O5/c1-8-9-4-5-14(3,18)15(19)7-6-13(2,17)11(15)10(9)20-12(8)16/h6-7,9-11,17-19H,1,4-5H2,2-3H3/t9-,10-,11+,13+,14-,15+/m0/s1. The van der Waals surface area contributed by atoms with Gasteiger partial charge in [0.1, 0.15) is 11.7 Å². The van der Waals surface area contributed by atoms with Crippen molar-refractivity contribution in [2.45, 2.75) is 49.6 Å². The SMILES string of the molecule is C=C1C(=O)O[C@H]2[C@H]1CC[C@](C)(O)[C@@]1(O)C=C[C@@](C)(O)[C@@H]21. The molecule has 5 nitrogen and oxygen atoms in total. The third kappa shape index (κ3) is 1.51. The molecule has 1 saturated heterocycles. The van der Waals surface area contributed by atoms with E-state index in [4.69, 9.17) is 4.74 Å². The molecule has 0 aromatic rings. The van der Waals surface area contributed by atoms with Crippen molar-refractivity contribution in [1.29, 1.82) is 0 Å². The molecule has 3 rings (SSSR count). The highest BCUT2D eigenvalue weighted by molar-refractivity contribution is 5.91. The van der Waals surface area contributed by atoms with Crippen LogP contribution >= 0.6 is 0 Å². The lowest BCUT2D eigenvalue weighted by molar-refractivity contribution is -0.189. The molecule has 2 aliphatic carbocycles. The van der Waals surface area contributed by atoms with Gasteiger partial charge in [-0.25, -0.2) is 4.79 Å². The van der Waals surface area contributed by atoms with E-state index < -0.39 is 34.8 Å². The molecule has 0 unspecified atom stereocenters. The third-order valence-electron chi connectivity index (χ3n) is 5.26. The first kappa shape index (κ1) is 13.8. The molecule has 0 aromatic heterocycles. The van der Waals surface area contributed by atoms with Crippen LogP contribution in [-0.4, -0.2) is 44.2 Å². The van der Waals surface area contributed by atoms with E-state index in [2.05, 4.69) is 6.58 Å². The maximum Gasteiger partial charge on any atom is 0.334 e. The number of carbonyl (C=O) groups excluding carboxylic acids is 1. The van der Waals surface area contributed by atoms with Crippen LogP contribution in [0.25, 0.3) is 0 Å². The number of hydrogen-bond acceptors (Lipinski definition) is 5. The van der Waals surface area contributed by atoms with E-state index in [9.17, 15) is 20.1 Å². The van der Waals surface area contributed by atoms with Crippen LogP contribution in [0.3, 0.4) is 0 Å². The predicted molar refractivity (Wildman–Crippen MR) is 70.6 cm³/mol. The number of rotatable bonds is 0. The van der Waals surface area contributed by atoms with Crippen molar-refractivity contribution in [2.75, 3.05) is 0 Å². The summed E-state index contributed by atoms with van der Waals surface area (Å²) in [7, 11) is 0. The van der Waals surface area contributed by atoms with E-state index >= 15 is 0 Å². The molecular weight excluding hydrogens is 260 g/mol. The fourth-order valence-electron chi connectivity index (χ4n) is 3.95. The molecule has 3 N–H and O–H groups in total. The van der Waals surface area contributed by atoms with Crippen LogP contribution in [0.5, 0.6) is 0 Å². The molecule has 0 spiro atoms. The van der Waals surface area contributed by atoms with Crippen molar-refractivity contribution in [2.24, 2.45) is 11.8 Å². The Hall–Kier alpha value is -1.17. The van der Waals surface area contributed by atoms with E-state index in [1.807, 2.05) is 0 Å². The number of fused-ring (bicyclic) bond motifs is 3. The third-order valence-corrected chi connectivity index (χ3v) is 5.26. The summed E-state index contributed by atoms with van der Waals surface area (Å²) in [6.45, 7) is 6.86. The molecule has 110 valence electrons. The Kier molecular flexibility index (Phi) is 2.57. The molecule has 1 heterocycles. The lowest BCUT2D eigenvalue weighted by Crippen LogP contribution is -2.60. The van der Waals surface area contributed by atoms with Crippen LogP contribution < -0.4 is 0 Å². The fourth-order valence-corrected chi connectivity index (χ4v) is 3.95. The molecule has 1 saturated carbocycles. The van der Waals surface area contributed by atoms with E-state index in [0.717, 1.165) is 0 Å². The molecule has 0 bridgehead atoms. The van der Waals surface area contributed by atoms with Gasteiger partial charge < -0.3 is 20.1 Å². The number of aliphatic hydroxyl groups is 3. The summed E-state index contributed by atoms with van der Waals surface area (Å²) in [5.74, 6) is -1.56. The van der Waals surface area contributed by atoms with Gasteiger partial charge >= 0.3 is 5.97 Å². The van der Waals surface area contributed by atoms with E-state index in [0.29, 0.717) is 18.4 Å². The molecule has 0 radical (unpaired) electrons. The Morgan fingerprint density at radius 1 is 1.30 bits per heavy atom. The quantitative estimate of drug-likeness (QED) is 0.337. The summed E-state index contributed by atoms with van der Waals surface area (Å²) in [6, 6.07) is 0. The minimum atomic E-state index is -1.62. The largest absolute Gasteiger partial charge is 0.458 e. The van der Waals surface area contributed by atoms with Crippen molar-refractivity contribution in [3.8, 4) is 0 Å². The van der Waals surface area contributed by atoms with E-state index in [-0.39, 0.29) is 5.92 Å². The van der Waals surface area contributed by atoms with Crippen LogP contribution in [0.15, 0.2) is 24.3 Å². The first-order valence-corrected chi connectivity index (χ1v) is 6.87. The molecule has 0 amide bonds. The van der Waals surface area contributed by atoms with Gasteiger partial charge in [-0.15, -0.1) is 0 Å². The van der Waals surface area contributed by atoms with Gasteiger partial charge in [-0.2, -0.15) is 0 Å². The summed E-state index contributed by atoms with van der Waals surface area (Å²) >= 11 is 0. The maximum absolute atomic E-state index is 11.8. The number of esters is 1. The Balaban J connectivity index is 2.13. The Morgan fingerprint density at radius 3 is 2.60 bits per heavy atom. The minimum absolute atomic E-state index is 0.278. The first-order valence-electron chi connectivity index (χ1n) is 6.87. The lowest BCUT2D eigenvalue weighted by Gasteiger charge is -2.44. The average molecular weight is 280 g/mol. The van der Waals surface area contributed by atoms with E-state index in [1.54, 1.807) is 13.8 Å². The van der Waals surface area contributed by atoms with Gasteiger partial charge in [0.2, 0.25) is 0 Å². The maximum atomic E-state index is 11.8.